The zero-order valence-electron chi connectivity index (χ0n) is 14.8. The van der Waals surface area contributed by atoms with Crippen LogP contribution < -0.4 is 5.73 Å². The predicted molar refractivity (Wildman–Crippen MR) is 93.7 cm³/mol. The normalized spacial score (nSPS) is 12.7. The van der Waals surface area contributed by atoms with Crippen LogP contribution in [0, 0.1) is 0 Å². The van der Waals surface area contributed by atoms with Crippen LogP contribution in [0.5, 0.6) is 0 Å². The number of rotatable bonds is 3. The van der Waals surface area contributed by atoms with Gasteiger partial charge in [-0.05, 0) is 36.7 Å². The lowest BCUT2D eigenvalue weighted by molar-refractivity contribution is 0.537. The van der Waals surface area contributed by atoms with Gasteiger partial charge in [0.25, 0.3) is 0 Å². The molecule has 1 heterocycles. The third-order valence-corrected chi connectivity index (χ3v) is 3.86. The molecule has 0 aliphatic carbocycles. The molecule has 2 aromatic rings. The monoisotopic (exact) mass is 299 g/mol. The fourth-order valence-corrected chi connectivity index (χ4v) is 2.45. The van der Waals surface area contributed by atoms with E-state index < -0.39 is 0 Å². The highest BCUT2D eigenvalue weighted by atomic mass is 15.3. The molecule has 3 nitrogen and oxygen atoms in total. The summed E-state index contributed by atoms with van der Waals surface area (Å²) >= 11 is 0. The van der Waals surface area contributed by atoms with E-state index in [-0.39, 0.29) is 10.8 Å². The fraction of sp³-hybridized carbons (Fsp3) is 0.526. The molecule has 0 saturated heterocycles. The van der Waals surface area contributed by atoms with Gasteiger partial charge in [-0.3, -0.25) is 0 Å². The highest BCUT2D eigenvalue weighted by molar-refractivity contribution is 5.38. The molecule has 1 aromatic heterocycles. The van der Waals surface area contributed by atoms with E-state index in [1.165, 1.54) is 11.3 Å². The van der Waals surface area contributed by atoms with Gasteiger partial charge in [-0.15, -0.1) is 0 Å². The minimum absolute atomic E-state index is 0.0464. The van der Waals surface area contributed by atoms with Crippen LogP contribution in [0.4, 0.5) is 0 Å². The van der Waals surface area contributed by atoms with Gasteiger partial charge in [0.05, 0.1) is 11.4 Å². The molecule has 0 radical (unpaired) electrons. The molecule has 0 bridgehead atoms. The van der Waals surface area contributed by atoms with Gasteiger partial charge in [-0.1, -0.05) is 53.7 Å². The first-order valence-electron chi connectivity index (χ1n) is 8.03. The molecule has 0 aliphatic heterocycles. The third-order valence-electron chi connectivity index (χ3n) is 3.86. The van der Waals surface area contributed by atoms with Crippen molar-refractivity contribution in [2.24, 2.45) is 5.73 Å². The van der Waals surface area contributed by atoms with E-state index in [0.717, 1.165) is 17.8 Å². The molecule has 0 unspecified atom stereocenters. The lowest BCUT2D eigenvalue weighted by Crippen LogP contribution is -2.17. The van der Waals surface area contributed by atoms with Gasteiger partial charge in [-0.25, -0.2) is 4.68 Å². The van der Waals surface area contributed by atoms with Crippen molar-refractivity contribution in [2.75, 3.05) is 6.54 Å². The summed E-state index contributed by atoms with van der Waals surface area (Å²) in [5.74, 6) is 0. The quantitative estimate of drug-likeness (QED) is 0.932. The Balaban J connectivity index is 2.51. The Labute approximate surface area is 134 Å². The van der Waals surface area contributed by atoms with Crippen LogP contribution in [0.2, 0.25) is 0 Å². The van der Waals surface area contributed by atoms with Crippen molar-refractivity contribution in [3.8, 4) is 5.69 Å². The number of hydrogen-bond acceptors (Lipinski definition) is 2. The average Bonchev–Trinajstić information content (AvgIpc) is 2.85. The van der Waals surface area contributed by atoms with Crippen molar-refractivity contribution in [2.45, 2.75) is 58.8 Å². The Hall–Kier alpha value is -1.61. The average molecular weight is 299 g/mol. The van der Waals surface area contributed by atoms with Crippen molar-refractivity contribution in [3.05, 3.63) is 47.3 Å². The molecular formula is C19H29N3. The van der Waals surface area contributed by atoms with Crippen molar-refractivity contribution in [1.82, 2.24) is 9.78 Å². The Morgan fingerprint density at radius 2 is 1.55 bits per heavy atom. The van der Waals surface area contributed by atoms with Crippen LogP contribution in [0.25, 0.3) is 5.69 Å². The molecule has 0 aliphatic rings. The largest absolute Gasteiger partial charge is 0.330 e. The van der Waals surface area contributed by atoms with Gasteiger partial charge in [0.1, 0.15) is 0 Å². The summed E-state index contributed by atoms with van der Waals surface area (Å²) in [5.41, 5.74) is 10.5. The first-order valence-corrected chi connectivity index (χ1v) is 8.03. The lowest BCUT2D eigenvalue weighted by Gasteiger charge is -2.20. The van der Waals surface area contributed by atoms with E-state index in [4.69, 9.17) is 10.8 Å². The first kappa shape index (κ1) is 16.8. The zero-order valence-corrected chi connectivity index (χ0v) is 14.8. The number of hydrogen-bond donors (Lipinski definition) is 1. The Morgan fingerprint density at radius 3 is 2.00 bits per heavy atom. The molecule has 0 atom stereocenters. The van der Waals surface area contributed by atoms with E-state index in [1.807, 2.05) is 0 Å². The summed E-state index contributed by atoms with van der Waals surface area (Å²) in [6, 6.07) is 10.8. The summed E-state index contributed by atoms with van der Waals surface area (Å²) in [6.45, 7) is 14.0. The topological polar surface area (TPSA) is 43.8 Å². The molecule has 0 fully saturated rings. The van der Waals surface area contributed by atoms with Crippen LogP contribution in [-0.2, 0) is 17.3 Å². The maximum Gasteiger partial charge on any atom is 0.0685 e. The molecule has 120 valence electrons. The van der Waals surface area contributed by atoms with E-state index in [0.29, 0.717) is 6.54 Å². The van der Waals surface area contributed by atoms with E-state index >= 15 is 0 Å². The van der Waals surface area contributed by atoms with Crippen LogP contribution in [0.3, 0.4) is 0 Å². The molecule has 1 aromatic carbocycles. The van der Waals surface area contributed by atoms with Gasteiger partial charge >= 0.3 is 0 Å². The summed E-state index contributed by atoms with van der Waals surface area (Å²) < 4.78 is 2.09. The van der Waals surface area contributed by atoms with Crippen LogP contribution in [-0.4, -0.2) is 16.3 Å². The smallest absolute Gasteiger partial charge is 0.0685 e. The van der Waals surface area contributed by atoms with Gasteiger partial charge in [0.2, 0.25) is 0 Å². The van der Waals surface area contributed by atoms with Gasteiger partial charge in [-0.2, -0.15) is 5.10 Å². The maximum absolute atomic E-state index is 5.62. The second kappa shape index (κ2) is 5.88. The lowest BCUT2D eigenvalue weighted by atomic mass is 9.88. The maximum atomic E-state index is 5.62. The van der Waals surface area contributed by atoms with Crippen molar-refractivity contribution in [3.63, 3.8) is 0 Å². The molecule has 2 N–H and O–H groups in total. The minimum atomic E-state index is 0.0464. The summed E-state index contributed by atoms with van der Waals surface area (Å²) in [6.07, 6.45) is 0.915. The molecule has 3 heteroatoms. The second-order valence-corrected chi connectivity index (χ2v) is 8.03. The molecule has 0 amide bonds. The van der Waals surface area contributed by atoms with Crippen LogP contribution in [0.15, 0.2) is 30.3 Å². The number of aromatic nitrogens is 2. The molecule has 0 spiro atoms. The molecule has 22 heavy (non-hydrogen) atoms. The first-order chi connectivity index (χ1) is 10.1. The van der Waals surface area contributed by atoms with Crippen LogP contribution in [0.1, 0.15) is 58.5 Å². The number of nitrogens with zero attached hydrogens (tertiary/aromatic N) is 2. The Kier molecular flexibility index (Phi) is 4.48. The Bertz CT molecular complexity index is 622. The summed E-state index contributed by atoms with van der Waals surface area (Å²) in [5, 5.41) is 4.89. The van der Waals surface area contributed by atoms with Crippen molar-refractivity contribution >= 4 is 0 Å². The standard InChI is InChI=1S/C19H29N3/c1-18(2,3)16-13-17(19(4,5)6)22(21-16)15-9-7-14(8-10-15)11-12-20/h7-10,13H,11-12,20H2,1-6H3. The molecular weight excluding hydrogens is 270 g/mol. The number of nitrogens with two attached hydrogens (primary N) is 1. The minimum Gasteiger partial charge on any atom is -0.330 e. The SMILES string of the molecule is CC(C)(C)c1cc(C(C)(C)C)n(-c2ccc(CCN)cc2)n1. The van der Waals surface area contributed by atoms with E-state index in [9.17, 15) is 0 Å². The fourth-order valence-electron chi connectivity index (χ4n) is 2.45. The molecule has 2 rings (SSSR count). The van der Waals surface area contributed by atoms with Crippen molar-refractivity contribution < 1.29 is 0 Å². The van der Waals surface area contributed by atoms with Crippen LogP contribution >= 0.6 is 0 Å². The third kappa shape index (κ3) is 3.58. The van der Waals surface area contributed by atoms with Crippen molar-refractivity contribution in [1.29, 1.82) is 0 Å². The zero-order chi connectivity index (χ0) is 16.5. The highest BCUT2D eigenvalue weighted by Crippen LogP contribution is 2.30. The summed E-state index contributed by atoms with van der Waals surface area (Å²) in [4.78, 5) is 0. The van der Waals surface area contributed by atoms with Gasteiger partial charge < -0.3 is 5.73 Å². The predicted octanol–water partition coefficient (Wildman–Crippen LogP) is 3.97. The highest BCUT2D eigenvalue weighted by Gasteiger charge is 2.26. The second-order valence-electron chi connectivity index (χ2n) is 8.03. The van der Waals surface area contributed by atoms with E-state index in [2.05, 4.69) is 76.6 Å². The van der Waals surface area contributed by atoms with Gasteiger partial charge in [0.15, 0.2) is 0 Å². The van der Waals surface area contributed by atoms with E-state index in [1.54, 1.807) is 0 Å². The Morgan fingerprint density at radius 1 is 0.955 bits per heavy atom. The summed E-state index contributed by atoms with van der Waals surface area (Å²) in [7, 11) is 0. The van der Waals surface area contributed by atoms with Gasteiger partial charge in [0, 0.05) is 16.5 Å². The number of benzene rings is 1. The molecule has 0 saturated carbocycles.